The fourth-order valence-electron chi connectivity index (χ4n) is 1.54. The molecule has 15 heavy (non-hydrogen) atoms. The fraction of sp³-hybridized carbons (Fsp3) is 0.308. The Morgan fingerprint density at radius 3 is 2.67 bits per heavy atom. The van der Waals surface area contributed by atoms with Crippen molar-refractivity contribution in [3.05, 3.63) is 41.5 Å². The Labute approximate surface area is 90.3 Å². The molecule has 0 aliphatic carbocycles. The van der Waals surface area contributed by atoms with Gasteiger partial charge in [-0.15, -0.1) is 0 Å². The molecule has 0 saturated heterocycles. The first-order valence-electron chi connectivity index (χ1n) is 5.06. The van der Waals surface area contributed by atoms with Gasteiger partial charge in [0, 0.05) is 6.42 Å². The molecule has 0 saturated carbocycles. The maximum absolute atomic E-state index is 10.4. The van der Waals surface area contributed by atoms with Crippen LogP contribution in [0.25, 0.3) is 5.57 Å². The lowest BCUT2D eigenvalue weighted by atomic mass is 10.0. The largest absolute Gasteiger partial charge is 0.481 e. The van der Waals surface area contributed by atoms with Crippen LogP contribution >= 0.6 is 0 Å². The van der Waals surface area contributed by atoms with Gasteiger partial charge in [-0.05, 0) is 37.0 Å². The summed E-state index contributed by atoms with van der Waals surface area (Å²) in [4.78, 5) is 10.4. The van der Waals surface area contributed by atoms with Gasteiger partial charge in [0.25, 0.3) is 0 Å². The summed E-state index contributed by atoms with van der Waals surface area (Å²) in [6.07, 6.45) is 2.77. The number of carboxylic acids is 1. The number of carbonyl (C=O) groups is 1. The second kappa shape index (κ2) is 5.35. The van der Waals surface area contributed by atoms with E-state index < -0.39 is 5.97 Å². The zero-order valence-corrected chi connectivity index (χ0v) is 9.16. The van der Waals surface area contributed by atoms with Crippen molar-refractivity contribution >= 4 is 11.5 Å². The SMILES string of the molecule is C/C(=C\CCC(=O)O)c1ccccc1C. The van der Waals surface area contributed by atoms with Crippen molar-refractivity contribution in [3.8, 4) is 0 Å². The number of hydrogen-bond donors (Lipinski definition) is 1. The Hall–Kier alpha value is -1.57. The molecule has 1 aromatic carbocycles. The average Bonchev–Trinajstić information content (AvgIpc) is 2.17. The van der Waals surface area contributed by atoms with Gasteiger partial charge in [0.05, 0.1) is 0 Å². The molecule has 2 nitrogen and oxygen atoms in total. The van der Waals surface area contributed by atoms with E-state index in [0.29, 0.717) is 6.42 Å². The van der Waals surface area contributed by atoms with E-state index in [2.05, 4.69) is 19.1 Å². The Bertz CT molecular complexity index is 378. The van der Waals surface area contributed by atoms with E-state index in [1.54, 1.807) is 0 Å². The third-order valence-corrected chi connectivity index (χ3v) is 2.38. The predicted octanol–water partition coefficient (Wildman–Crippen LogP) is 3.26. The quantitative estimate of drug-likeness (QED) is 0.817. The van der Waals surface area contributed by atoms with Crippen LogP contribution in [0.2, 0.25) is 0 Å². The minimum Gasteiger partial charge on any atom is -0.481 e. The van der Waals surface area contributed by atoms with Crippen LogP contribution in [0.5, 0.6) is 0 Å². The van der Waals surface area contributed by atoms with Crippen LogP contribution in [-0.2, 0) is 4.79 Å². The highest BCUT2D eigenvalue weighted by Crippen LogP contribution is 2.18. The van der Waals surface area contributed by atoms with Gasteiger partial charge in [-0.25, -0.2) is 0 Å². The number of rotatable bonds is 4. The van der Waals surface area contributed by atoms with Crippen LogP contribution in [0, 0.1) is 6.92 Å². The summed E-state index contributed by atoms with van der Waals surface area (Å²) in [6, 6.07) is 8.12. The van der Waals surface area contributed by atoms with Crippen molar-refractivity contribution in [1.82, 2.24) is 0 Å². The predicted molar refractivity (Wildman–Crippen MR) is 61.7 cm³/mol. The summed E-state index contributed by atoms with van der Waals surface area (Å²) in [5.74, 6) is -0.746. The van der Waals surface area contributed by atoms with Crippen LogP contribution < -0.4 is 0 Å². The molecule has 1 rings (SSSR count). The standard InChI is InChI=1S/C13H16O2/c1-10-6-3-4-8-12(10)11(2)7-5-9-13(14)15/h3-4,6-8H,5,9H2,1-2H3,(H,14,15)/b11-7+. The highest BCUT2D eigenvalue weighted by Gasteiger charge is 1.99. The van der Waals surface area contributed by atoms with Crippen molar-refractivity contribution < 1.29 is 9.90 Å². The smallest absolute Gasteiger partial charge is 0.303 e. The minimum absolute atomic E-state index is 0.198. The fourth-order valence-corrected chi connectivity index (χ4v) is 1.54. The highest BCUT2D eigenvalue weighted by molar-refractivity contribution is 5.69. The van der Waals surface area contributed by atoms with E-state index in [9.17, 15) is 4.79 Å². The van der Waals surface area contributed by atoms with Gasteiger partial charge < -0.3 is 5.11 Å². The molecule has 0 aromatic heterocycles. The summed E-state index contributed by atoms with van der Waals surface area (Å²) in [7, 11) is 0. The summed E-state index contributed by atoms with van der Waals surface area (Å²) in [5.41, 5.74) is 3.57. The molecule has 1 N–H and O–H groups in total. The van der Waals surface area contributed by atoms with Crippen LogP contribution in [0.1, 0.15) is 30.9 Å². The maximum Gasteiger partial charge on any atom is 0.303 e. The van der Waals surface area contributed by atoms with Crippen molar-refractivity contribution in [2.45, 2.75) is 26.7 Å². The molecule has 0 amide bonds. The van der Waals surface area contributed by atoms with E-state index in [-0.39, 0.29) is 6.42 Å². The second-order valence-corrected chi connectivity index (χ2v) is 3.63. The lowest BCUT2D eigenvalue weighted by Crippen LogP contribution is -1.92. The molecule has 0 atom stereocenters. The Balaban J connectivity index is 2.72. The molecule has 80 valence electrons. The third-order valence-electron chi connectivity index (χ3n) is 2.38. The molecule has 1 aromatic rings. The van der Waals surface area contributed by atoms with Gasteiger partial charge in [0.2, 0.25) is 0 Å². The summed E-state index contributed by atoms with van der Waals surface area (Å²) < 4.78 is 0. The van der Waals surface area contributed by atoms with E-state index in [4.69, 9.17) is 5.11 Å². The molecule has 0 radical (unpaired) electrons. The van der Waals surface area contributed by atoms with Gasteiger partial charge >= 0.3 is 5.97 Å². The van der Waals surface area contributed by atoms with Crippen LogP contribution in [0.15, 0.2) is 30.3 Å². The Morgan fingerprint density at radius 1 is 1.40 bits per heavy atom. The summed E-state index contributed by atoms with van der Waals surface area (Å²) in [6.45, 7) is 4.08. The first kappa shape index (κ1) is 11.5. The lowest BCUT2D eigenvalue weighted by Gasteiger charge is -2.05. The minimum atomic E-state index is -0.746. The monoisotopic (exact) mass is 204 g/mol. The topological polar surface area (TPSA) is 37.3 Å². The maximum atomic E-state index is 10.4. The average molecular weight is 204 g/mol. The highest BCUT2D eigenvalue weighted by atomic mass is 16.4. The number of benzene rings is 1. The first-order valence-corrected chi connectivity index (χ1v) is 5.06. The second-order valence-electron chi connectivity index (χ2n) is 3.63. The molecule has 0 unspecified atom stereocenters. The van der Waals surface area contributed by atoms with Crippen LogP contribution in [-0.4, -0.2) is 11.1 Å². The normalized spacial score (nSPS) is 11.5. The number of hydrogen-bond acceptors (Lipinski definition) is 1. The molecule has 0 fully saturated rings. The van der Waals surface area contributed by atoms with Crippen molar-refractivity contribution in [2.24, 2.45) is 0 Å². The van der Waals surface area contributed by atoms with Crippen LogP contribution in [0.3, 0.4) is 0 Å². The first-order chi connectivity index (χ1) is 7.11. The van der Waals surface area contributed by atoms with Crippen molar-refractivity contribution in [3.63, 3.8) is 0 Å². The van der Waals surface area contributed by atoms with E-state index in [0.717, 1.165) is 5.57 Å². The zero-order valence-electron chi connectivity index (χ0n) is 9.16. The Kier molecular flexibility index (Phi) is 4.10. The van der Waals surface area contributed by atoms with Gasteiger partial charge in [-0.2, -0.15) is 0 Å². The third kappa shape index (κ3) is 3.58. The lowest BCUT2D eigenvalue weighted by molar-refractivity contribution is -0.136. The Morgan fingerprint density at radius 2 is 2.07 bits per heavy atom. The number of aliphatic carboxylic acids is 1. The van der Waals surface area contributed by atoms with E-state index >= 15 is 0 Å². The molecular weight excluding hydrogens is 188 g/mol. The number of allylic oxidation sites excluding steroid dienone is 2. The molecule has 0 spiro atoms. The summed E-state index contributed by atoms with van der Waals surface area (Å²) >= 11 is 0. The molecule has 0 bridgehead atoms. The summed E-state index contributed by atoms with van der Waals surface area (Å²) in [5, 5.41) is 8.52. The molecule has 0 aliphatic heterocycles. The van der Waals surface area contributed by atoms with E-state index in [1.165, 1.54) is 11.1 Å². The zero-order chi connectivity index (χ0) is 11.3. The molecule has 2 heteroatoms. The number of carboxylic acid groups (broad SMARTS) is 1. The van der Waals surface area contributed by atoms with Crippen molar-refractivity contribution in [1.29, 1.82) is 0 Å². The molecule has 0 heterocycles. The van der Waals surface area contributed by atoms with Gasteiger partial charge in [0.1, 0.15) is 0 Å². The van der Waals surface area contributed by atoms with Crippen LogP contribution in [0.4, 0.5) is 0 Å². The van der Waals surface area contributed by atoms with Gasteiger partial charge in [0.15, 0.2) is 0 Å². The number of aryl methyl sites for hydroxylation is 1. The van der Waals surface area contributed by atoms with Gasteiger partial charge in [-0.1, -0.05) is 30.3 Å². The molecule has 0 aliphatic rings. The van der Waals surface area contributed by atoms with Gasteiger partial charge in [-0.3, -0.25) is 4.79 Å². The van der Waals surface area contributed by atoms with Crippen molar-refractivity contribution in [2.75, 3.05) is 0 Å². The molecular formula is C13H16O2. The van der Waals surface area contributed by atoms with E-state index in [1.807, 2.05) is 25.1 Å².